The minimum Gasteiger partial charge on any atom is -0.454 e. The number of hydrogen-bond donors (Lipinski definition) is 2. The summed E-state index contributed by atoms with van der Waals surface area (Å²) < 4.78 is 61.6. The van der Waals surface area contributed by atoms with E-state index in [2.05, 4.69) is 0 Å². The van der Waals surface area contributed by atoms with Crippen LogP contribution in [-0.2, 0) is 19.6 Å². The molecule has 4 bridgehead atoms. The van der Waals surface area contributed by atoms with Crippen LogP contribution in [0, 0.1) is 17.3 Å². The molecule has 2 N–H and O–H groups in total. The number of rotatable bonds is 4. The molecular weight excluding hydrogens is 322 g/mol. The number of carbonyl (C=O) groups is 1. The van der Waals surface area contributed by atoms with Crippen molar-refractivity contribution in [2.75, 3.05) is 6.61 Å². The lowest BCUT2D eigenvalue weighted by Crippen LogP contribution is -2.59. The van der Waals surface area contributed by atoms with Gasteiger partial charge in [-0.2, -0.15) is 17.2 Å². The lowest BCUT2D eigenvalue weighted by Gasteiger charge is -2.60. The SMILES string of the molecule is O=C(OC12CC3CC(CC(CO)(C3)C1)C2)C(F)(F)S(=O)(=O)O. The maximum atomic E-state index is 13.4. The Labute approximate surface area is 126 Å². The zero-order chi connectivity index (χ0) is 16.4. The number of esters is 1. The maximum Gasteiger partial charge on any atom is 0.465 e. The van der Waals surface area contributed by atoms with E-state index < -0.39 is 32.4 Å². The summed E-state index contributed by atoms with van der Waals surface area (Å²) in [5.74, 6) is -1.87. The van der Waals surface area contributed by atoms with Crippen LogP contribution in [0.25, 0.3) is 0 Å². The number of carbonyl (C=O) groups excluding carboxylic acids is 1. The first-order chi connectivity index (χ1) is 10.0. The summed E-state index contributed by atoms with van der Waals surface area (Å²) in [4.78, 5) is 11.6. The Morgan fingerprint density at radius 3 is 2.23 bits per heavy atom. The van der Waals surface area contributed by atoms with Crippen molar-refractivity contribution in [3.05, 3.63) is 0 Å². The standard InChI is InChI=1S/C13H18F2O6S/c14-13(15,22(18,19)20)10(17)21-12-4-8-1-9(5-12)3-11(2-8,6-12)7-16/h8-9,16H,1-7H2,(H,18,19,20). The highest BCUT2D eigenvalue weighted by Crippen LogP contribution is 2.62. The van der Waals surface area contributed by atoms with Gasteiger partial charge in [0.1, 0.15) is 5.60 Å². The fourth-order valence-electron chi connectivity index (χ4n) is 5.03. The van der Waals surface area contributed by atoms with Gasteiger partial charge in [0.2, 0.25) is 0 Å². The van der Waals surface area contributed by atoms with Crippen molar-refractivity contribution in [3.63, 3.8) is 0 Å². The Balaban J connectivity index is 1.85. The largest absolute Gasteiger partial charge is 0.465 e. The monoisotopic (exact) mass is 340 g/mol. The van der Waals surface area contributed by atoms with Crippen LogP contribution in [0.3, 0.4) is 0 Å². The molecule has 0 amide bonds. The van der Waals surface area contributed by atoms with E-state index in [1.54, 1.807) is 0 Å². The third-order valence-electron chi connectivity index (χ3n) is 5.33. The molecule has 0 aromatic heterocycles. The Kier molecular flexibility index (Phi) is 3.37. The molecule has 4 fully saturated rings. The summed E-state index contributed by atoms with van der Waals surface area (Å²) in [6, 6.07) is 0. The third-order valence-corrected chi connectivity index (χ3v) is 6.15. The predicted octanol–water partition coefficient (Wildman–Crippen LogP) is 1.34. The molecule has 0 heterocycles. The fraction of sp³-hybridized carbons (Fsp3) is 0.923. The topological polar surface area (TPSA) is 101 Å². The van der Waals surface area contributed by atoms with Crippen LogP contribution in [0.15, 0.2) is 0 Å². The van der Waals surface area contributed by atoms with Gasteiger partial charge in [-0.3, -0.25) is 4.55 Å². The van der Waals surface area contributed by atoms with Gasteiger partial charge in [0.05, 0.1) is 0 Å². The van der Waals surface area contributed by atoms with E-state index in [9.17, 15) is 27.1 Å². The second-order valence-electron chi connectivity index (χ2n) is 7.18. The summed E-state index contributed by atoms with van der Waals surface area (Å²) >= 11 is 0. The van der Waals surface area contributed by atoms with Crippen LogP contribution in [0.2, 0.25) is 0 Å². The minimum atomic E-state index is -5.86. The summed E-state index contributed by atoms with van der Waals surface area (Å²) in [6.07, 6.45) is 3.52. The lowest BCUT2D eigenvalue weighted by molar-refractivity contribution is -0.218. The van der Waals surface area contributed by atoms with Crippen molar-refractivity contribution in [1.82, 2.24) is 0 Å². The third kappa shape index (κ3) is 2.33. The highest BCUT2D eigenvalue weighted by atomic mass is 32.2. The first-order valence-electron chi connectivity index (χ1n) is 7.20. The molecule has 0 aliphatic heterocycles. The van der Waals surface area contributed by atoms with E-state index in [-0.39, 0.29) is 24.9 Å². The fourth-order valence-corrected chi connectivity index (χ4v) is 5.28. The maximum absolute atomic E-state index is 13.4. The number of aliphatic hydroxyl groups excluding tert-OH is 1. The molecule has 0 spiro atoms. The van der Waals surface area contributed by atoms with Crippen LogP contribution in [0.4, 0.5) is 8.78 Å². The highest BCUT2D eigenvalue weighted by molar-refractivity contribution is 7.87. The second-order valence-corrected chi connectivity index (χ2v) is 8.65. The van der Waals surface area contributed by atoms with Gasteiger partial charge < -0.3 is 9.84 Å². The van der Waals surface area contributed by atoms with Crippen LogP contribution >= 0.6 is 0 Å². The first-order valence-corrected chi connectivity index (χ1v) is 8.64. The molecule has 4 aliphatic carbocycles. The molecule has 0 saturated heterocycles. The van der Waals surface area contributed by atoms with E-state index in [1.807, 2.05) is 0 Å². The van der Waals surface area contributed by atoms with Gasteiger partial charge in [0.25, 0.3) is 0 Å². The summed E-state index contributed by atoms with van der Waals surface area (Å²) in [5, 5.41) is 4.68. The molecule has 9 heteroatoms. The lowest BCUT2D eigenvalue weighted by atomic mass is 9.48. The average Bonchev–Trinajstić information content (AvgIpc) is 2.35. The Morgan fingerprint density at radius 2 is 1.77 bits per heavy atom. The van der Waals surface area contributed by atoms with E-state index in [4.69, 9.17) is 9.29 Å². The van der Waals surface area contributed by atoms with Crippen LogP contribution in [-0.4, -0.2) is 41.5 Å². The van der Waals surface area contributed by atoms with Crippen LogP contribution in [0.1, 0.15) is 38.5 Å². The highest BCUT2D eigenvalue weighted by Gasteiger charge is 2.62. The van der Waals surface area contributed by atoms with Gasteiger partial charge in [-0.05, 0) is 55.8 Å². The average molecular weight is 340 g/mol. The molecule has 22 heavy (non-hydrogen) atoms. The van der Waals surface area contributed by atoms with Gasteiger partial charge in [0, 0.05) is 6.61 Å². The number of halogens is 2. The molecule has 4 aliphatic rings. The van der Waals surface area contributed by atoms with E-state index >= 15 is 0 Å². The Morgan fingerprint density at radius 1 is 1.23 bits per heavy atom. The summed E-state index contributed by atoms with van der Waals surface area (Å²) in [6.45, 7) is -0.103. The van der Waals surface area contributed by atoms with E-state index in [1.165, 1.54) is 0 Å². The van der Waals surface area contributed by atoms with Crippen LogP contribution in [0.5, 0.6) is 0 Å². The smallest absolute Gasteiger partial charge is 0.454 e. The van der Waals surface area contributed by atoms with E-state index in [0.717, 1.165) is 19.3 Å². The Hall–Kier alpha value is -0.800. The van der Waals surface area contributed by atoms with Gasteiger partial charge in [0.15, 0.2) is 0 Å². The molecule has 4 rings (SSSR count). The van der Waals surface area contributed by atoms with E-state index in [0.29, 0.717) is 12.8 Å². The molecule has 0 aromatic rings. The van der Waals surface area contributed by atoms with Crippen molar-refractivity contribution in [1.29, 1.82) is 0 Å². The first kappa shape index (κ1) is 16.1. The zero-order valence-corrected chi connectivity index (χ0v) is 12.6. The quantitative estimate of drug-likeness (QED) is 0.592. The molecular formula is C13H18F2O6S. The molecule has 2 atom stereocenters. The second kappa shape index (κ2) is 4.61. The zero-order valence-electron chi connectivity index (χ0n) is 11.8. The number of alkyl halides is 2. The molecule has 4 saturated carbocycles. The minimum absolute atomic E-state index is 0.103. The molecule has 0 aromatic carbocycles. The van der Waals surface area contributed by atoms with Crippen molar-refractivity contribution in [3.8, 4) is 0 Å². The van der Waals surface area contributed by atoms with Gasteiger partial charge in [-0.25, -0.2) is 4.79 Å². The van der Waals surface area contributed by atoms with Gasteiger partial charge >= 0.3 is 21.3 Å². The number of ether oxygens (including phenoxy) is 1. The van der Waals surface area contributed by atoms with Gasteiger partial charge in [-0.1, -0.05) is 0 Å². The van der Waals surface area contributed by atoms with Crippen LogP contribution < -0.4 is 0 Å². The van der Waals surface area contributed by atoms with Crippen molar-refractivity contribution in [2.24, 2.45) is 17.3 Å². The normalized spacial score (nSPS) is 40.7. The van der Waals surface area contributed by atoms with Crippen molar-refractivity contribution < 1.29 is 36.4 Å². The molecule has 126 valence electrons. The molecule has 6 nitrogen and oxygen atoms in total. The number of aliphatic hydroxyl groups is 1. The number of hydrogen-bond acceptors (Lipinski definition) is 5. The van der Waals surface area contributed by atoms with Crippen molar-refractivity contribution >= 4 is 16.1 Å². The van der Waals surface area contributed by atoms with Gasteiger partial charge in [-0.15, -0.1) is 0 Å². The Bertz CT molecular complexity index is 588. The summed E-state index contributed by atoms with van der Waals surface area (Å²) in [7, 11) is -5.86. The molecule has 2 unspecified atom stereocenters. The van der Waals surface area contributed by atoms with Crippen molar-refractivity contribution in [2.45, 2.75) is 49.4 Å². The predicted molar refractivity (Wildman–Crippen MR) is 69.5 cm³/mol. The summed E-state index contributed by atoms with van der Waals surface area (Å²) in [5.41, 5.74) is -1.59. The molecule has 0 radical (unpaired) electrons.